The van der Waals surface area contributed by atoms with E-state index in [4.69, 9.17) is 0 Å². The summed E-state index contributed by atoms with van der Waals surface area (Å²) < 4.78 is 1.78. The van der Waals surface area contributed by atoms with Gasteiger partial charge in [0, 0.05) is 31.4 Å². The maximum atomic E-state index is 4.61. The van der Waals surface area contributed by atoms with E-state index in [0.29, 0.717) is 0 Å². The molecule has 0 spiro atoms. The predicted molar refractivity (Wildman–Crippen MR) is 80.2 cm³/mol. The first-order valence-electron chi connectivity index (χ1n) is 6.41. The summed E-state index contributed by atoms with van der Waals surface area (Å²) in [6.45, 7) is 5.05. The smallest absolute Gasteiger partial charge is 0.141 e. The number of thioether (sulfide) groups is 1. The Morgan fingerprint density at radius 1 is 1.32 bits per heavy atom. The van der Waals surface area contributed by atoms with Crippen molar-refractivity contribution in [3.05, 3.63) is 24.3 Å². The lowest BCUT2D eigenvalue weighted by Crippen LogP contribution is -2.04. The maximum absolute atomic E-state index is 4.61. The molecule has 2 rings (SSSR count). The molecule has 0 aliphatic heterocycles. The van der Waals surface area contributed by atoms with Gasteiger partial charge < -0.3 is 5.32 Å². The van der Waals surface area contributed by atoms with E-state index in [2.05, 4.69) is 34.2 Å². The van der Waals surface area contributed by atoms with Gasteiger partial charge >= 0.3 is 0 Å². The first-order valence-corrected chi connectivity index (χ1v) is 7.57. The van der Waals surface area contributed by atoms with Crippen LogP contribution >= 0.6 is 11.8 Å². The molecule has 0 atom stereocenters. The summed E-state index contributed by atoms with van der Waals surface area (Å²) in [6, 6.07) is 1.97. The minimum Gasteiger partial charge on any atom is -0.370 e. The molecule has 19 heavy (non-hydrogen) atoms. The standard InChI is InChI=1S/C13H19N5S/c1-4-14-12-6-11(10-7-15-18(3)8-10)16-13(17-12)9-19-5-2/h6-8H,4-5,9H2,1-3H3,(H,14,16,17). The molecule has 0 aliphatic rings. The van der Waals surface area contributed by atoms with Crippen LogP contribution in [-0.2, 0) is 12.8 Å². The molecule has 0 fully saturated rings. The molecular weight excluding hydrogens is 258 g/mol. The molecule has 6 heteroatoms. The van der Waals surface area contributed by atoms with Crippen LogP contribution in [0.4, 0.5) is 5.82 Å². The average Bonchev–Trinajstić information content (AvgIpc) is 2.83. The Bertz CT molecular complexity index is 538. The lowest BCUT2D eigenvalue weighted by Gasteiger charge is -2.07. The number of aryl methyl sites for hydroxylation is 1. The highest BCUT2D eigenvalue weighted by molar-refractivity contribution is 7.98. The number of hydrogen-bond acceptors (Lipinski definition) is 5. The molecule has 102 valence electrons. The molecule has 2 aromatic heterocycles. The Morgan fingerprint density at radius 2 is 2.16 bits per heavy atom. The zero-order valence-corrected chi connectivity index (χ0v) is 12.4. The minimum absolute atomic E-state index is 0.836. The van der Waals surface area contributed by atoms with Gasteiger partial charge in [0.25, 0.3) is 0 Å². The predicted octanol–water partition coefficient (Wildman–Crippen LogP) is 2.56. The van der Waals surface area contributed by atoms with Crippen LogP contribution in [0, 0.1) is 0 Å². The monoisotopic (exact) mass is 277 g/mol. The van der Waals surface area contributed by atoms with Gasteiger partial charge in [-0.2, -0.15) is 16.9 Å². The Kier molecular flexibility index (Phi) is 4.79. The summed E-state index contributed by atoms with van der Waals surface area (Å²) in [7, 11) is 1.91. The largest absolute Gasteiger partial charge is 0.370 e. The summed E-state index contributed by atoms with van der Waals surface area (Å²) in [6.07, 6.45) is 3.80. The Hall–Kier alpha value is -1.56. The number of aromatic nitrogens is 4. The van der Waals surface area contributed by atoms with E-state index in [1.807, 2.05) is 37.3 Å². The van der Waals surface area contributed by atoms with Gasteiger partial charge in [0.1, 0.15) is 11.6 Å². The molecule has 0 saturated carbocycles. The van der Waals surface area contributed by atoms with Crippen LogP contribution in [0.5, 0.6) is 0 Å². The Balaban J connectivity index is 2.33. The molecule has 2 aromatic rings. The molecule has 5 nitrogen and oxygen atoms in total. The van der Waals surface area contributed by atoms with Crippen molar-refractivity contribution in [3.8, 4) is 11.3 Å². The summed E-state index contributed by atoms with van der Waals surface area (Å²) >= 11 is 1.82. The molecule has 0 aliphatic carbocycles. The quantitative estimate of drug-likeness (QED) is 0.879. The lowest BCUT2D eigenvalue weighted by molar-refractivity contribution is 0.768. The minimum atomic E-state index is 0.836. The first-order chi connectivity index (χ1) is 9.22. The zero-order valence-electron chi connectivity index (χ0n) is 11.6. The van der Waals surface area contributed by atoms with Crippen molar-refractivity contribution in [2.24, 2.45) is 7.05 Å². The molecular formula is C13H19N5S. The third-order valence-electron chi connectivity index (χ3n) is 2.57. The molecule has 0 saturated heterocycles. The number of anilines is 1. The Labute approximate surface area is 117 Å². The molecule has 0 unspecified atom stereocenters. The average molecular weight is 277 g/mol. The zero-order chi connectivity index (χ0) is 13.7. The number of nitrogens with zero attached hydrogens (tertiary/aromatic N) is 4. The molecule has 1 N–H and O–H groups in total. The van der Waals surface area contributed by atoms with Crippen molar-refractivity contribution in [3.63, 3.8) is 0 Å². The summed E-state index contributed by atoms with van der Waals surface area (Å²) in [5.41, 5.74) is 1.94. The van der Waals surface area contributed by atoms with E-state index in [1.165, 1.54) is 0 Å². The van der Waals surface area contributed by atoms with Gasteiger partial charge in [-0.05, 0) is 12.7 Å². The van der Waals surface area contributed by atoms with Gasteiger partial charge in [-0.15, -0.1) is 0 Å². The fraction of sp³-hybridized carbons (Fsp3) is 0.462. The van der Waals surface area contributed by atoms with E-state index in [1.54, 1.807) is 4.68 Å². The normalized spacial score (nSPS) is 10.7. The molecule has 0 radical (unpaired) electrons. The van der Waals surface area contributed by atoms with Gasteiger partial charge in [0.2, 0.25) is 0 Å². The second-order valence-electron chi connectivity index (χ2n) is 4.12. The van der Waals surface area contributed by atoms with E-state index in [0.717, 1.165) is 41.0 Å². The van der Waals surface area contributed by atoms with Crippen LogP contribution in [0.15, 0.2) is 18.5 Å². The van der Waals surface area contributed by atoms with Gasteiger partial charge in [-0.25, -0.2) is 9.97 Å². The number of rotatable bonds is 6. The highest BCUT2D eigenvalue weighted by atomic mass is 32.2. The number of nitrogens with one attached hydrogen (secondary N) is 1. The van der Waals surface area contributed by atoms with E-state index in [9.17, 15) is 0 Å². The van der Waals surface area contributed by atoms with Gasteiger partial charge in [-0.3, -0.25) is 4.68 Å². The number of hydrogen-bond donors (Lipinski definition) is 1. The van der Waals surface area contributed by atoms with Crippen LogP contribution in [0.25, 0.3) is 11.3 Å². The van der Waals surface area contributed by atoms with E-state index < -0.39 is 0 Å². The molecule has 0 bridgehead atoms. The van der Waals surface area contributed by atoms with Crippen LogP contribution in [0.1, 0.15) is 19.7 Å². The van der Waals surface area contributed by atoms with Crippen LogP contribution in [0.3, 0.4) is 0 Å². The molecule has 0 aromatic carbocycles. The van der Waals surface area contributed by atoms with Crippen molar-refractivity contribution in [2.45, 2.75) is 19.6 Å². The van der Waals surface area contributed by atoms with E-state index in [-0.39, 0.29) is 0 Å². The van der Waals surface area contributed by atoms with Crippen molar-refractivity contribution in [2.75, 3.05) is 17.6 Å². The van der Waals surface area contributed by atoms with Gasteiger partial charge in [0.05, 0.1) is 17.6 Å². The highest BCUT2D eigenvalue weighted by Crippen LogP contribution is 2.20. The van der Waals surface area contributed by atoms with Gasteiger partial charge in [-0.1, -0.05) is 6.92 Å². The van der Waals surface area contributed by atoms with Crippen molar-refractivity contribution >= 4 is 17.6 Å². The van der Waals surface area contributed by atoms with Crippen LogP contribution in [-0.4, -0.2) is 32.0 Å². The Morgan fingerprint density at radius 3 is 2.79 bits per heavy atom. The fourth-order valence-corrected chi connectivity index (χ4v) is 2.24. The second kappa shape index (κ2) is 6.56. The van der Waals surface area contributed by atoms with Gasteiger partial charge in [0.15, 0.2) is 0 Å². The first kappa shape index (κ1) is 13.9. The fourth-order valence-electron chi connectivity index (χ4n) is 1.73. The van der Waals surface area contributed by atoms with Crippen LogP contribution < -0.4 is 5.32 Å². The lowest BCUT2D eigenvalue weighted by atomic mass is 10.2. The SMILES string of the molecule is CCNc1cc(-c2cnn(C)c2)nc(CSCC)n1. The van der Waals surface area contributed by atoms with E-state index >= 15 is 0 Å². The third kappa shape index (κ3) is 3.70. The summed E-state index contributed by atoms with van der Waals surface area (Å²) in [5, 5.41) is 7.44. The topological polar surface area (TPSA) is 55.6 Å². The van der Waals surface area contributed by atoms with Crippen molar-refractivity contribution in [1.29, 1.82) is 0 Å². The second-order valence-corrected chi connectivity index (χ2v) is 5.40. The summed E-state index contributed by atoms with van der Waals surface area (Å²) in [4.78, 5) is 9.13. The molecule has 2 heterocycles. The highest BCUT2D eigenvalue weighted by Gasteiger charge is 2.08. The van der Waals surface area contributed by atoms with Crippen molar-refractivity contribution in [1.82, 2.24) is 19.7 Å². The van der Waals surface area contributed by atoms with Crippen molar-refractivity contribution < 1.29 is 0 Å². The van der Waals surface area contributed by atoms with Crippen LogP contribution in [0.2, 0.25) is 0 Å². The molecule has 0 amide bonds. The maximum Gasteiger partial charge on any atom is 0.141 e. The summed E-state index contributed by atoms with van der Waals surface area (Å²) in [5.74, 6) is 3.65. The third-order valence-corrected chi connectivity index (χ3v) is 3.44.